The molecule has 0 bridgehead atoms. The number of amides is 1. The molecule has 3 N–H and O–H groups in total. The molecule has 0 saturated heterocycles. The Balaban J connectivity index is 2.69. The summed E-state index contributed by atoms with van der Waals surface area (Å²) in [7, 11) is 0. The summed E-state index contributed by atoms with van der Waals surface area (Å²) >= 11 is 0. The summed E-state index contributed by atoms with van der Waals surface area (Å²) in [6.45, 7) is 2.62. The van der Waals surface area contributed by atoms with E-state index in [1.807, 2.05) is 0 Å². The van der Waals surface area contributed by atoms with Crippen LogP contribution in [0.2, 0.25) is 0 Å². The van der Waals surface area contributed by atoms with E-state index in [0.29, 0.717) is 25.1 Å². The van der Waals surface area contributed by atoms with E-state index in [9.17, 15) is 9.18 Å². The van der Waals surface area contributed by atoms with Crippen LogP contribution in [0.15, 0.2) is 18.2 Å². The number of halogens is 1. The van der Waals surface area contributed by atoms with Gasteiger partial charge in [0.15, 0.2) is 0 Å². The van der Waals surface area contributed by atoms with Crippen molar-refractivity contribution in [2.45, 2.75) is 13.3 Å². The van der Waals surface area contributed by atoms with Gasteiger partial charge in [-0.05, 0) is 31.5 Å². The maximum atomic E-state index is 13.5. The first kappa shape index (κ1) is 11.7. The lowest BCUT2D eigenvalue weighted by Crippen LogP contribution is -2.26. The van der Waals surface area contributed by atoms with Crippen molar-refractivity contribution in [2.75, 3.05) is 13.1 Å². The summed E-state index contributed by atoms with van der Waals surface area (Å²) in [5.74, 6) is -0.840. The Morgan fingerprint density at radius 1 is 1.53 bits per heavy atom. The summed E-state index contributed by atoms with van der Waals surface area (Å²) < 4.78 is 13.5. The molecule has 0 aliphatic rings. The summed E-state index contributed by atoms with van der Waals surface area (Å²) in [6.07, 6.45) is 0.694. The van der Waals surface area contributed by atoms with Crippen LogP contribution in [0.4, 0.5) is 4.39 Å². The maximum absolute atomic E-state index is 13.5. The molecule has 0 atom stereocenters. The van der Waals surface area contributed by atoms with Crippen molar-refractivity contribution in [2.24, 2.45) is 5.73 Å². The molecular weight excluding hydrogens is 195 g/mol. The Morgan fingerprint density at radius 3 is 2.93 bits per heavy atom. The molecule has 15 heavy (non-hydrogen) atoms. The molecular formula is C11H15FN2O. The third kappa shape index (κ3) is 3.02. The first-order valence-corrected chi connectivity index (χ1v) is 4.90. The zero-order chi connectivity index (χ0) is 11.3. The number of benzene rings is 1. The molecule has 0 aromatic heterocycles. The zero-order valence-corrected chi connectivity index (χ0v) is 8.72. The van der Waals surface area contributed by atoms with Crippen LogP contribution in [0.3, 0.4) is 0 Å². The molecule has 82 valence electrons. The average Bonchev–Trinajstić information content (AvgIpc) is 2.22. The molecule has 0 aliphatic carbocycles. The lowest BCUT2D eigenvalue weighted by molar-refractivity contribution is 0.0949. The van der Waals surface area contributed by atoms with Crippen molar-refractivity contribution < 1.29 is 9.18 Å². The molecule has 0 fully saturated rings. The van der Waals surface area contributed by atoms with Gasteiger partial charge in [-0.3, -0.25) is 4.79 Å². The summed E-state index contributed by atoms with van der Waals surface area (Å²) in [5.41, 5.74) is 5.85. The van der Waals surface area contributed by atoms with Crippen molar-refractivity contribution in [1.29, 1.82) is 0 Å². The van der Waals surface area contributed by atoms with Crippen LogP contribution in [-0.2, 0) is 0 Å². The Hall–Kier alpha value is -1.42. The number of carbonyl (C=O) groups is 1. The lowest BCUT2D eigenvalue weighted by atomic mass is 10.1. The molecule has 0 aliphatic heterocycles. The molecule has 1 aromatic rings. The fourth-order valence-corrected chi connectivity index (χ4v) is 1.22. The number of aryl methyl sites for hydroxylation is 1. The Morgan fingerprint density at radius 2 is 2.27 bits per heavy atom. The molecule has 4 heteroatoms. The van der Waals surface area contributed by atoms with Gasteiger partial charge in [0.05, 0.1) is 5.56 Å². The predicted octanol–water partition coefficient (Wildman–Crippen LogP) is 1.21. The van der Waals surface area contributed by atoms with Gasteiger partial charge in [-0.25, -0.2) is 4.39 Å². The van der Waals surface area contributed by atoms with Crippen LogP contribution >= 0.6 is 0 Å². The summed E-state index contributed by atoms with van der Waals surface area (Å²) in [5, 5.41) is 2.61. The monoisotopic (exact) mass is 210 g/mol. The van der Waals surface area contributed by atoms with Crippen LogP contribution in [0.1, 0.15) is 22.3 Å². The smallest absolute Gasteiger partial charge is 0.254 e. The van der Waals surface area contributed by atoms with E-state index in [-0.39, 0.29) is 11.5 Å². The van der Waals surface area contributed by atoms with Crippen LogP contribution in [-0.4, -0.2) is 19.0 Å². The predicted molar refractivity (Wildman–Crippen MR) is 57.1 cm³/mol. The second kappa shape index (κ2) is 5.46. The van der Waals surface area contributed by atoms with E-state index in [1.165, 1.54) is 6.07 Å². The molecule has 0 saturated carbocycles. The van der Waals surface area contributed by atoms with Gasteiger partial charge in [0.25, 0.3) is 5.91 Å². The molecule has 3 nitrogen and oxygen atoms in total. The van der Waals surface area contributed by atoms with E-state index < -0.39 is 5.82 Å². The molecule has 1 amide bonds. The van der Waals surface area contributed by atoms with E-state index in [4.69, 9.17) is 5.73 Å². The minimum atomic E-state index is -0.456. The van der Waals surface area contributed by atoms with Crippen molar-refractivity contribution in [3.05, 3.63) is 35.1 Å². The van der Waals surface area contributed by atoms with Crippen molar-refractivity contribution >= 4 is 5.91 Å². The van der Waals surface area contributed by atoms with Crippen molar-refractivity contribution in [3.63, 3.8) is 0 Å². The van der Waals surface area contributed by atoms with Crippen LogP contribution in [0.25, 0.3) is 0 Å². The van der Waals surface area contributed by atoms with Crippen molar-refractivity contribution in [3.8, 4) is 0 Å². The standard InChI is InChI=1S/C11H15FN2O/c1-8-4-2-5-9(10(8)12)11(15)14-7-3-6-13/h2,4-5H,3,6-7,13H2,1H3,(H,14,15). The van der Waals surface area contributed by atoms with Crippen LogP contribution in [0, 0.1) is 12.7 Å². The lowest BCUT2D eigenvalue weighted by Gasteiger charge is -2.06. The van der Waals surface area contributed by atoms with Gasteiger partial charge in [0.1, 0.15) is 5.82 Å². The molecule has 1 aromatic carbocycles. The summed E-state index contributed by atoms with van der Waals surface area (Å²) in [4.78, 5) is 11.5. The number of hydrogen-bond acceptors (Lipinski definition) is 2. The third-order valence-corrected chi connectivity index (χ3v) is 2.10. The second-order valence-corrected chi connectivity index (χ2v) is 3.33. The number of carbonyl (C=O) groups excluding carboxylic acids is 1. The van der Waals surface area contributed by atoms with Gasteiger partial charge in [-0.15, -0.1) is 0 Å². The number of hydrogen-bond donors (Lipinski definition) is 2. The Kier molecular flexibility index (Phi) is 4.24. The zero-order valence-electron chi connectivity index (χ0n) is 8.72. The minimum Gasteiger partial charge on any atom is -0.352 e. The molecule has 0 unspecified atom stereocenters. The van der Waals surface area contributed by atoms with Gasteiger partial charge < -0.3 is 11.1 Å². The SMILES string of the molecule is Cc1cccc(C(=O)NCCCN)c1F. The van der Waals surface area contributed by atoms with E-state index in [2.05, 4.69) is 5.32 Å². The third-order valence-electron chi connectivity index (χ3n) is 2.10. The van der Waals surface area contributed by atoms with Gasteiger partial charge in [0.2, 0.25) is 0 Å². The highest BCUT2D eigenvalue weighted by molar-refractivity contribution is 5.94. The first-order chi connectivity index (χ1) is 7.16. The molecule has 0 spiro atoms. The fourth-order valence-electron chi connectivity index (χ4n) is 1.22. The van der Waals surface area contributed by atoms with E-state index in [0.717, 1.165) is 0 Å². The highest BCUT2D eigenvalue weighted by atomic mass is 19.1. The highest BCUT2D eigenvalue weighted by Gasteiger charge is 2.11. The number of rotatable bonds is 4. The van der Waals surface area contributed by atoms with Crippen LogP contribution in [0.5, 0.6) is 0 Å². The van der Waals surface area contributed by atoms with E-state index in [1.54, 1.807) is 19.1 Å². The first-order valence-electron chi connectivity index (χ1n) is 4.90. The van der Waals surface area contributed by atoms with Gasteiger partial charge in [-0.1, -0.05) is 12.1 Å². The van der Waals surface area contributed by atoms with Gasteiger partial charge >= 0.3 is 0 Å². The second-order valence-electron chi connectivity index (χ2n) is 3.33. The molecule has 0 heterocycles. The highest BCUT2D eigenvalue weighted by Crippen LogP contribution is 2.11. The minimum absolute atomic E-state index is 0.0898. The van der Waals surface area contributed by atoms with Gasteiger partial charge in [0, 0.05) is 6.54 Å². The number of nitrogens with two attached hydrogens (primary N) is 1. The largest absolute Gasteiger partial charge is 0.352 e. The molecule has 1 rings (SSSR count). The normalized spacial score (nSPS) is 10.1. The fraction of sp³-hybridized carbons (Fsp3) is 0.364. The molecule has 0 radical (unpaired) electrons. The maximum Gasteiger partial charge on any atom is 0.254 e. The summed E-state index contributed by atoms with van der Waals surface area (Å²) in [6, 6.07) is 4.77. The quantitative estimate of drug-likeness (QED) is 0.734. The Labute approximate surface area is 88.5 Å². The number of nitrogens with one attached hydrogen (secondary N) is 1. The van der Waals surface area contributed by atoms with E-state index >= 15 is 0 Å². The average molecular weight is 210 g/mol. The van der Waals surface area contributed by atoms with Crippen molar-refractivity contribution in [1.82, 2.24) is 5.32 Å². The topological polar surface area (TPSA) is 55.1 Å². The van der Waals surface area contributed by atoms with Crippen LogP contribution < -0.4 is 11.1 Å². The van der Waals surface area contributed by atoms with Gasteiger partial charge in [-0.2, -0.15) is 0 Å². The Bertz CT molecular complexity index is 352.